The van der Waals surface area contributed by atoms with Gasteiger partial charge < -0.3 is 20.0 Å². The molecule has 0 radical (unpaired) electrons. The standard InChI is InChI=1S/C40H50FN7O4/c1-25-31(32-10-12-35(49)44-37(32)50)9-11-34(36(25)41)47-17-13-40(14-18-47)15-19-48(20-16-40)39(52)28-7-5-27(6-8-28)29-21-30(24-45(3)23-29)43-33-22-42-46(4)38(51)26(33)2/h5-9,11,22,29-30,32,43H,10,12-21,23-24H2,1-4H3,(H,44,49,50)/t29-,30+,32?/m0/s1. The zero-order valence-corrected chi connectivity index (χ0v) is 30.7. The van der Waals surface area contributed by atoms with Crippen molar-refractivity contribution in [3.8, 4) is 0 Å². The van der Waals surface area contributed by atoms with Crippen LogP contribution in [-0.4, -0.2) is 89.7 Å². The van der Waals surface area contributed by atoms with Crippen LogP contribution in [0.2, 0.25) is 0 Å². The van der Waals surface area contributed by atoms with Crippen molar-refractivity contribution < 1.29 is 18.8 Å². The van der Waals surface area contributed by atoms with E-state index < -0.39 is 5.92 Å². The average molecular weight is 712 g/mol. The number of rotatable bonds is 6. The first-order valence-electron chi connectivity index (χ1n) is 18.7. The second-order valence-corrected chi connectivity index (χ2v) is 15.6. The number of carbonyl (C=O) groups is 3. The van der Waals surface area contributed by atoms with Crippen molar-refractivity contribution in [2.24, 2.45) is 12.5 Å². The third-order valence-corrected chi connectivity index (χ3v) is 12.3. The molecule has 2 N–H and O–H groups in total. The summed E-state index contributed by atoms with van der Waals surface area (Å²) in [6, 6.07) is 11.9. The topological polar surface area (TPSA) is 120 Å². The number of piperidine rings is 4. The highest BCUT2D eigenvalue weighted by Gasteiger charge is 2.40. The van der Waals surface area contributed by atoms with Gasteiger partial charge in [0.15, 0.2) is 0 Å². The molecule has 3 atom stereocenters. The maximum atomic E-state index is 15.7. The number of hydrogen-bond donors (Lipinski definition) is 2. The van der Waals surface area contributed by atoms with Crippen LogP contribution in [0, 0.1) is 25.1 Å². The van der Waals surface area contributed by atoms with Crippen LogP contribution in [0.3, 0.4) is 0 Å². The number of halogens is 1. The predicted molar refractivity (Wildman–Crippen MR) is 198 cm³/mol. The van der Waals surface area contributed by atoms with Gasteiger partial charge in [0.1, 0.15) is 5.82 Å². The lowest BCUT2D eigenvalue weighted by atomic mass is 9.71. The van der Waals surface area contributed by atoms with Crippen molar-refractivity contribution in [1.82, 2.24) is 24.9 Å². The predicted octanol–water partition coefficient (Wildman–Crippen LogP) is 4.48. The van der Waals surface area contributed by atoms with E-state index in [1.807, 2.05) is 30.0 Å². The number of imide groups is 1. The lowest BCUT2D eigenvalue weighted by molar-refractivity contribution is -0.134. The van der Waals surface area contributed by atoms with Gasteiger partial charge in [0, 0.05) is 69.9 Å². The smallest absolute Gasteiger partial charge is 0.271 e. The Morgan fingerprint density at radius 2 is 1.62 bits per heavy atom. The van der Waals surface area contributed by atoms with Gasteiger partial charge >= 0.3 is 0 Å². The van der Waals surface area contributed by atoms with Crippen molar-refractivity contribution in [3.05, 3.63) is 86.6 Å². The first-order valence-corrected chi connectivity index (χ1v) is 18.7. The molecule has 0 aliphatic carbocycles. The van der Waals surface area contributed by atoms with Gasteiger partial charge in [0.05, 0.1) is 23.5 Å². The van der Waals surface area contributed by atoms with E-state index in [1.54, 1.807) is 26.2 Å². The SMILES string of the molecule is Cc1c(C2CCC(=O)NC2=O)ccc(N2CCC3(CCN(C(=O)c4ccc([C@H]5C[C@@H](Nc6cnn(C)c(=O)c6C)CN(C)C5)cc4)CC3)CC2)c1F. The van der Waals surface area contributed by atoms with E-state index in [9.17, 15) is 19.2 Å². The summed E-state index contributed by atoms with van der Waals surface area (Å²) in [6.45, 7) is 8.27. The quantitative estimate of drug-likeness (QED) is 0.360. The van der Waals surface area contributed by atoms with Gasteiger partial charge in [-0.25, -0.2) is 9.07 Å². The molecular formula is C40H50FN7O4. The van der Waals surface area contributed by atoms with Crippen LogP contribution in [0.25, 0.3) is 0 Å². The van der Waals surface area contributed by atoms with E-state index >= 15 is 4.39 Å². The Balaban J connectivity index is 0.923. The first kappa shape index (κ1) is 35.8. The minimum atomic E-state index is -0.506. The van der Waals surface area contributed by atoms with Gasteiger partial charge in [-0.15, -0.1) is 0 Å². The van der Waals surface area contributed by atoms with Gasteiger partial charge in [0.2, 0.25) is 11.8 Å². The Morgan fingerprint density at radius 3 is 2.31 bits per heavy atom. The van der Waals surface area contributed by atoms with Crippen LogP contribution in [-0.2, 0) is 16.6 Å². The van der Waals surface area contributed by atoms with E-state index in [0.717, 1.165) is 64.0 Å². The zero-order valence-electron chi connectivity index (χ0n) is 30.7. The fourth-order valence-corrected chi connectivity index (χ4v) is 8.97. The highest BCUT2D eigenvalue weighted by Crippen LogP contribution is 2.43. The number of aromatic nitrogens is 2. The number of nitrogens with zero attached hydrogens (tertiary/aromatic N) is 5. The molecule has 52 heavy (non-hydrogen) atoms. The molecule has 4 aliphatic rings. The van der Waals surface area contributed by atoms with E-state index in [0.29, 0.717) is 53.4 Å². The summed E-state index contributed by atoms with van der Waals surface area (Å²) in [7, 11) is 3.77. The molecule has 3 aromatic rings. The van der Waals surface area contributed by atoms with Crippen molar-refractivity contribution in [1.29, 1.82) is 0 Å². The van der Waals surface area contributed by atoms with Crippen LogP contribution in [0.1, 0.15) is 89.4 Å². The largest absolute Gasteiger partial charge is 0.379 e. The molecule has 1 aromatic heterocycles. The summed E-state index contributed by atoms with van der Waals surface area (Å²) < 4.78 is 17.1. The molecule has 2 aromatic carbocycles. The molecule has 0 bridgehead atoms. The van der Waals surface area contributed by atoms with Gasteiger partial charge in [-0.2, -0.15) is 5.10 Å². The van der Waals surface area contributed by atoms with Gasteiger partial charge in [-0.1, -0.05) is 18.2 Å². The number of amides is 3. The van der Waals surface area contributed by atoms with Crippen molar-refractivity contribution in [2.45, 2.75) is 76.7 Å². The lowest BCUT2D eigenvalue weighted by Crippen LogP contribution is -2.48. The van der Waals surface area contributed by atoms with Crippen LogP contribution in [0.15, 0.2) is 47.4 Å². The van der Waals surface area contributed by atoms with Gasteiger partial charge in [-0.05, 0) is 106 Å². The van der Waals surface area contributed by atoms with Crippen molar-refractivity contribution in [3.63, 3.8) is 0 Å². The monoisotopic (exact) mass is 711 g/mol. The molecule has 7 rings (SSSR count). The molecule has 12 heteroatoms. The molecule has 0 saturated carbocycles. The molecular weight excluding hydrogens is 661 g/mol. The normalized spacial score (nSPS) is 23.8. The highest BCUT2D eigenvalue weighted by molar-refractivity contribution is 6.01. The Kier molecular flexibility index (Phi) is 9.95. The van der Waals surface area contributed by atoms with Crippen LogP contribution in [0.5, 0.6) is 0 Å². The van der Waals surface area contributed by atoms with Crippen LogP contribution in [0.4, 0.5) is 15.8 Å². The summed E-state index contributed by atoms with van der Waals surface area (Å²) >= 11 is 0. The van der Waals surface area contributed by atoms with E-state index in [4.69, 9.17) is 0 Å². The first-order chi connectivity index (χ1) is 24.9. The third kappa shape index (κ3) is 7.09. The van der Waals surface area contributed by atoms with Gasteiger partial charge in [-0.3, -0.25) is 24.5 Å². The molecule has 4 saturated heterocycles. The van der Waals surface area contributed by atoms with E-state index in [1.165, 1.54) is 10.2 Å². The molecule has 4 fully saturated rings. The number of hydrogen-bond acceptors (Lipinski definition) is 8. The number of anilines is 2. The number of aryl methyl sites for hydroxylation is 1. The number of benzene rings is 2. The summed E-state index contributed by atoms with van der Waals surface area (Å²) in [6.07, 6.45) is 7.06. The number of likely N-dealkylation sites (tertiary alicyclic amines) is 2. The van der Waals surface area contributed by atoms with E-state index in [2.05, 4.69) is 44.7 Å². The Morgan fingerprint density at radius 1 is 0.923 bits per heavy atom. The third-order valence-electron chi connectivity index (χ3n) is 12.3. The number of carbonyl (C=O) groups excluding carboxylic acids is 3. The second-order valence-electron chi connectivity index (χ2n) is 15.6. The van der Waals surface area contributed by atoms with E-state index in [-0.39, 0.29) is 47.0 Å². The highest BCUT2D eigenvalue weighted by atomic mass is 19.1. The van der Waals surface area contributed by atoms with Crippen molar-refractivity contribution in [2.75, 3.05) is 56.5 Å². The number of likely N-dealkylation sites (N-methyl/N-ethyl adjacent to an activating group) is 1. The minimum Gasteiger partial charge on any atom is -0.379 e. The summed E-state index contributed by atoms with van der Waals surface area (Å²) in [5, 5.41) is 10.1. The Hall–Kier alpha value is -4.58. The summed E-state index contributed by atoms with van der Waals surface area (Å²) in [4.78, 5) is 56.5. The lowest BCUT2D eigenvalue weighted by Gasteiger charge is -2.47. The fourth-order valence-electron chi connectivity index (χ4n) is 8.97. The Labute approximate surface area is 304 Å². The van der Waals surface area contributed by atoms with Crippen LogP contribution < -0.4 is 21.1 Å². The van der Waals surface area contributed by atoms with Gasteiger partial charge in [0.25, 0.3) is 11.5 Å². The molecule has 1 unspecified atom stereocenters. The summed E-state index contributed by atoms with van der Waals surface area (Å²) in [5.74, 6) is -1.06. The fraction of sp³-hybridized carbons (Fsp3) is 0.525. The molecule has 3 amide bonds. The zero-order chi connectivity index (χ0) is 36.7. The second kappa shape index (κ2) is 14.4. The molecule has 1 spiro atoms. The van der Waals surface area contributed by atoms with Crippen LogP contribution >= 0.6 is 0 Å². The minimum absolute atomic E-state index is 0.0708. The molecule has 5 heterocycles. The van der Waals surface area contributed by atoms with Crippen molar-refractivity contribution >= 4 is 29.1 Å². The average Bonchev–Trinajstić information content (AvgIpc) is 3.14. The summed E-state index contributed by atoms with van der Waals surface area (Å²) in [5.41, 5.74) is 5.11. The molecule has 4 aliphatic heterocycles. The Bertz CT molecular complexity index is 1910. The number of nitrogens with one attached hydrogen (secondary N) is 2. The molecule has 11 nitrogen and oxygen atoms in total. The maximum absolute atomic E-state index is 15.7. The maximum Gasteiger partial charge on any atom is 0.271 e. The molecule has 276 valence electrons.